The third-order valence-electron chi connectivity index (χ3n) is 6.93. The average Bonchev–Trinajstić information content (AvgIpc) is 2.34. The minimum atomic E-state index is -2.08. The Morgan fingerprint density at radius 2 is 1.12 bits per heavy atom. The summed E-state index contributed by atoms with van der Waals surface area (Å²) >= 11 is 0. The van der Waals surface area contributed by atoms with Crippen molar-refractivity contribution in [2.45, 2.75) is 122 Å². The van der Waals surface area contributed by atoms with Gasteiger partial charge in [-0.05, 0) is 74.3 Å². The van der Waals surface area contributed by atoms with Crippen LogP contribution in [-0.4, -0.2) is 51.2 Å². The van der Waals surface area contributed by atoms with Gasteiger partial charge in [0.05, 0.1) is 19.6 Å². The minimum absolute atomic E-state index is 0.0170. The smallest absolute Gasteiger partial charge is 0.216 e. The number of hydrogen-bond donors (Lipinski definition) is 0. The summed E-state index contributed by atoms with van der Waals surface area (Å²) in [6, 6.07) is 0. The molecule has 26 heavy (non-hydrogen) atoms. The van der Waals surface area contributed by atoms with E-state index in [2.05, 4.69) is 101 Å². The highest BCUT2D eigenvalue weighted by atomic mass is 28.4. The van der Waals surface area contributed by atoms with E-state index < -0.39 is 35.2 Å². The van der Waals surface area contributed by atoms with Crippen molar-refractivity contribution < 1.29 is 13.3 Å². The summed E-state index contributed by atoms with van der Waals surface area (Å²) in [7, 11) is -5.57. The molecule has 1 unspecified atom stereocenters. The molecule has 0 saturated carbocycles. The fourth-order valence-electron chi connectivity index (χ4n) is 2.85. The van der Waals surface area contributed by atoms with Crippen LogP contribution in [0.2, 0.25) is 50.9 Å². The zero-order chi connectivity index (χ0) is 21.4. The Morgan fingerprint density at radius 3 is 1.46 bits per heavy atom. The Labute approximate surface area is 170 Å². The first-order chi connectivity index (χ1) is 11.2. The monoisotopic (exact) mass is 436 g/mol. The third-order valence-corrected chi connectivity index (χ3v) is 19.1. The van der Waals surface area contributed by atoms with Gasteiger partial charge >= 0.3 is 0 Å². The van der Waals surface area contributed by atoms with Crippen molar-refractivity contribution in [3.05, 3.63) is 0 Å². The van der Waals surface area contributed by atoms with Gasteiger partial charge in [0.1, 0.15) is 0 Å². The van der Waals surface area contributed by atoms with Gasteiger partial charge in [0.2, 0.25) is 8.32 Å². The van der Waals surface area contributed by atoms with Gasteiger partial charge in [-0.15, -0.1) is 0 Å². The second kappa shape index (κ2) is 8.63. The van der Waals surface area contributed by atoms with Crippen LogP contribution in [0.25, 0.3) is 0 Å². The van der Waals surface area contributed by atoms with E-state index in [9.17, 15) is 0 Å². The highest BCUT2D eigenvalue weighted by Gasteiger charge is 2.52. The fraction of sp³-hybridized carbons (Fsp3) is 1.00. The molecule has 0 saturated heterocycles. The summed E-state index contributed by atoms with van der Waals surface area (Å²) in [6.07, 6.45) is 0. The molecule has 0 aromatic heterocycles. The molecule has 158 valence electrons. The maximum atomic E-state index is 6.95. The molecule has 0 bridgehead atoms. The molecule has 0 aliphatic carbocycles. The first-order valence-corrected chi connectivity index (χ1v) is 21.0. The van der Waals surface area contributed by atoms with Crippen LogP contribution in [0.15, 0.2) is 0 Å². The predicted octanol–water partition coefficient (Wildman–Crippen LogP) is 5.26. The van der Waals surface area contributed by atoms with Crippen molar-refractivity contribution in [1.29, 1.82) is 0 Å². The van der Waals surface area contributed by atoms with Gasteiger partial charge in [-0.25, -0.2) is 0 Å². The average molecular weight is 437 g/mol. The van der Waals surface area contributed by atoms with Gasteiger partial charge in [-0.2, -0.15) is 0 Å². The van der Waals surface area contributed by atoms with Crippen molar-refractivity contribution >= 4 is 35.2 Å². The normalized spacial score (nSPS) is 16.5. The molecule has 0 heterocycles. The molecule has 3 nitrogen and oxygen atoms in total. The van der Waals surface area contributed by atoms with Crippen molar-refractivity contribution in [2.75, 3.05) is 0 Å². The lowest BCUT2D eigenvalue weighted by Crippen LogP contribution is -2.62. The zero-order valence-corrected chi connectivity index (χ0v) is 24.9. The molecule has 0 aromatic rings. The van der Waals surface area contributed by atoms with Crippen LogP contribution in [0, 0.1) is 0 Å². The summed E-state index contributed by atoms with van der Waals surface area (Å²) in [5.41, 5.74) is -0.248. The van der Waals surface area contributed by atoms with E-state index in [1.807, 2.05) is 0 Å². The number of rotatable bonds is 10. The van der Waals surface area contributed by atoms with Crippen molar-refractivity contribution in [1.82, 2.24) is 0 Å². The van der Waals surface area contributed by atoms with Crippen LogP contribution in [0.5, 0.6) is 0 Å². The van der Waals surface area contributed by atoms with E-state index in [1.165, 1.54) is 0 Å². The van der Waals surface area contributed by atoms with Gasteiger partial charge < -0.3 is 13.3 Å². The van der Waals surface area contributed by atoms with Crippen molar-refractivity contribution in [2.24, 2.45) is 0 Å². The molecule has 0 amide bonds. The molecule has 0 aliphatic rings. The Balaban J connectivity index is 5.51. The fourth-order valence-corrected chi connectivity index (χ4v) is 11.7. The molecular weight excluding hydrogens is 389 g/mol. The van der Waals surface area contributed by atoms with E-state index >= 15 is 0 Å². The minimum Gasteiger partial charge on any atom is -0.418 e. The van der Waals surface area contributed by atoms with Crippen LogP contribution in [0.3, 0.4) is 0 Å². The van der Waals surface area contributed by atoms with E-state index in [0.717, 1.165) is 0 Å². The quantitative estimate of drug-likeness (QED) is 0.437. The lowest BCUT2D eigenvalue weighted by Gasteiger charge is -2.53. The lowest BCUT2D eigenvalue weighted by molar-refractivity contribution is 0.0215. The highest BCUT2D eigenvalue weighted by Crippen LogP contribution is 2.47. The van der Waals surface area contributed by atoms with E-state index in [4.69, 9.17) is 13.3 Å². The maximum Gasteiger partial charge on any atom is 0.216 e. The first kappa shape index (κ1) is 26.7. The van der Waals surface area contributed by atoms with Crippen LogP contribution in [0.4, 0.5) is 0 Å². The molecule has 0 rings (SSSR count). The molecule has 1 atom stereocenters. The van der Waals surface area contributed by atoms with E-state index in [0.29, 0.717) is 0 Å². The summed E-state index contributed by atoms with van der Waals surface area (Å²) in [5.74, 6) is 0. The molecule has 0 aliphatic heterocycles. The standard InChI is InChI=1S/C19H48O3Si4/c1-16(2,22-26(14,15)19(7,8)21-24(11)12)17(3,4)25(13)20-18(5,6)23(9)10/h23-25H,1-15H3. The van der Waals surface area contributed by atoms with Crippen LogP contribution in [0.1, 0.15) is 55.4 Å². The summed E-state index contributed by atoms with van der Waals surface area (Å²) in [6.45, 7) is 34.4. The molecular formula is C19H48O3Si4. The molecule has 0 radical (unpaired) electrons. The topological polar surface area (TPSA) is 27.7 Å². The Bertz CT molecular complexity index is 458. The van der Waals surface area contributed by atoms with Gasteiger partial charge in [-0.3, -0.25) is 0 Å². The number of hydrogen-bond acceptors (Lipinski definition) is 3. The van der Waals surface area contributed by atoms with Crippen molar-refractivity contribution in [3.63, 3.8) is 0 Å². The van der Waals surface area contributed by atoms with Crippen LogP contribution < -0.4 is 0 Å². The van der Waals surface area contributed by atoms with Crippen molar-refractivity contribution in [3.8, 4) is 0 Å². The lowest BCUT2D eigenvalue weighted by atomic mass is 9.94. The highest BCUT2D eigenvalue weighted by molar-refractivity contribution is 6.75. The molecule has 7 heteroatoms. The first-order valence-electron chi connectivity index (χ1n) is 10.3. The van der Waals surface area contributed by atoms with E-state index in [-0.39, 0.29) is 21.1 Å². The SMILES string of the molecule is C[SiH](C)OC(C)(C)[Si](C)(C)OC(C)(C)C(C)(C)[SiH](C)OC(C)(C)[SiH](C)C. The molecule has 0 aromatic carbocycles. The molecule has 0 N–H and O–H groups in total. The van der Waals surface area contributed by atoms with Gasteiger partial charge in [0, 0.05) is 10.3 Å². The molecule has 0 fully saturated rings. The Morgan fingerprint density at radius 1 is 0.692 bits per heavy atom. The Kier molecular flexibility index (Phi) is 8.88. The summed E-state index contributed by atoms with van der Waals surface area (Å²) in [5, 5.41) is -0.128. The van der Waals surface area contributed by atoms with E-state index in [1.54, 1.807) is 0 Å². The molecule has 0 spiro atoms. The van der Waals surface area contributed by atoms with Gasteiger partial charge in [0.25, 0.3) is 0 Å². The third kappa shape index (κ3) is 6.39. The largest absolute Gasteiger partial charge is 0.418 e. The second-order valence-corrected chi connectivity index (χ2v) is 24.5. The zero-order valence-electron chi connectivity index (χ0n) is 20.5. The summed E-state index contributed by atoms with van der Waals surface area (Å²) in [4.78, 5) is 0. The second-order valence-electron chi connectivity index (χ2n) is 11.0. The Hall–Kier alpha value is 0.748. The van der Waals surface area contributed by atoms with Gasteiger partial charge in [0.15, 0.2) is 18.1 Å². The maximum absolute atomic E-state index is 6.95. The van der Waals surface area contributed by atoms with Gasteiger partial charge in [-0.1, -0.05) is 26.9 Å². The van der Waals surface area contributed by atoms with Crippen LogP contribution >= 0.6 is 0 Å². The predicted molar refractivity (Wildman–Crippen MR) is 128 cm³/mol. The van der Waals surface area contributed by atoms with Crippen LogP contribution in [-0.2, 0) is 13.3 Å². The summed E-state index contributed by atoms with van der Waals surface area (Å²) < 4.78 is 20.1.